The predicted molar refractivity (Wildman–Crippen MR) is 121 cm³/mol. The molecule has 0 radical (unpaired) electrons. The molecular weight excluding hydrogens is 469 g/mol. The molecule has 0 unspecified atom stereocenters. The van der Waals surface area contributed by atoms with Crippen LogP contribution in [0.15, 0.2) is 57.6 Å². The molecule has 8 nitrogen and oxygen atoms in total. The number of nitrogens with one attached hydrogen (secondary N) is 1. The van der Waals surface area contributed by atoms with Crippen molar-refractivity contribution in [1.29, 1.82) is 0 Å². The number of hydrogen-bond acceptors (Lipinski definition) is 6. The maximum Gasteiger partial charge on any atom is 0.404 e. The second kappa shape index (κ2) is 9.28. The molecule has 4 rings (SSSR count). The molecule has 33 heavy (non-hydrogen) atoms. The molecule has 11 heteroatoms. The zero-order chi connectivity index (χ0) is 23.6. The number of carboxylic acid groups (broad SMARTS) is 1. The quantitative estimate of drug-likeness (QED) is 0.523. The average molecular weight is 490 g/mol. The van der Waals surface area contributed by atoms with Crippen molar-refractivity contribution in [1.82, 2.24) is 10.3 Å². The van der Waals surface area contributed by atoms with Gasteiger partial charge < -0.3 is 15.3 Å². The van der Waals surface area contributed by atoms with Gasteiger partial charge >= 0.3 is 6.09 Å². The van der Waals surface area contributed by atoms with Crippen molar-refractivity contribution >= 4 is 38.9 Å². The van der Waals surface area contributed by atoms with Crippen LogP contribution in [0.5, 0.6) is 0 Å². The van der Waals surface area contributed by atoms with Gasteiger partial charge in [0.15, 0.2) is 4.21 Å². The van der Waals surface area contributed by atoms with Crippen molar-refractivity contribution in [2.24, 2.45) is 0 Å². The first-order chi connectivity index (χ1) is 15.8. The minimum absolute atomic E-state index is 0.0222. The van der Waals surface area contributed by atoms with Crippen LogP contribution in [0.4, 0.5) is 14.9 Å². The predicted octanol–water partition coefficient (Wildman–Crippen LogP) is 3.72. The Morgan fingerprint density at radius 2 is 2.00 bits per heavy atom. The lowest BCUT2D eigenvalue weighted by molar-refractivity contribution is -0.117. The molecule has 3 aromatic rings. The fourth-order valence-corrected chi connectivity index (χ4v) is 6.57. The van der Waals surface area contributed by atoms with Crippen molar-refractivity contribution in [3.8, 4) is 11.3 Å². The molecule has 0 atom stereocenters. The van der Waals surface area contributed by atoms with Crippen LogP contribution in [0.1, 0.15) is 17.8 Å². The van der Waals surface area contributed by atoms with Gasteiger partial charge in [-0.15, -0.1) is 11.3 Å². The van der Waals surface area contributed by atoms with E-state index >= 15 is 0 Å². The van der Waals surface area contributed by atoms with Gasteiger partial charge in [0.2, 0.25) is 15.7 Å². The van der Waals surface area contributed by atoms with Crippen LogP contribution in [0, 0.1) is 5.82 Å². The van der Waals surface area contributed by atoms with E-state index in [2.05, 4.69) is 10.3 Å². The van der Waals surface area contributed by atoms with Gasteiger partial charge in [-0.3, -0.25) is 4.79 Å². The fourth-order valence-electron chi connectivity index (χ4n) is 3.58. The molecule has 1 fully saturated rings. The first-order valence-corrected chi connectivity index (χ1v) is 12.4. The number of sulfone groups is 1. The highest BCUT2D eigenvalue weighted by molar-refractivity contribution is 7.93. The molecule has 0 saturated carbocycles. The van der Waals surface area contributed by atoms with E-state index in [1.165, 1.54) is 30.3 Å². The van der Waals surface area contributed by atoms with E-state index in [-0.39, 0.29) is 39.2 Å². The zero-order valence-electron chi connectivity index (χ0n) is 17.3. The van der Waals surface area contributed by atoms with Crippen LogP contribution in [-0.4, -0.2) is 43.6 Å². The van der Waals surface area contributed by atoms with Gasteiger partial charge in [0.25, 0.3) is 0 Å². The van der Waals surface area contributed by atoms with Crippen LogP contribution in [0.25, 0.3) is 11.3 Å². The zero-order valence-corrected chi connectivity index (χ0v) is 19.0. The lowest BCUT2D eigenvalue weighted by Crippen LogP contribution is -2.23. The summed E-state index contributed by atoms with van der Waals surface area (Å²) < 4.78 is 41.7. The lowest BCUT2D eigenvalue weighted by atomic mass is 10.1. The van der Waals surface area contributed by atoms with Crippen molar-refractivity contribution in [3.05, 3.63) is 59.4 Å². The SMILES string of the molecule is O=C(O)NCCc1nc(-c2ccccc2F)c(S(=O)(=O)c2cccc(N3CCCC3=O)c2)s1. The number of anilines is 1. The summed E-state index contributed by atoms with van der Waals surface area (Å²) in [6, 6.07) is 11.8. The number of benzene rings is 2. The van der Waals surface area contributed by atoms with Crippen LogP contribution in [-0.2, 0) is 21.1 Å². The monoisotopic (exact) mass is 489 g/mol. The summed E-state index contributed by atoms with van der Waals surface area (Å²) in [7, 11) is -4.11. The summed E-state index contributed by atoms with van der Waals surface area (Å²) in [5, 5.41) is 11.3. The number of thiazole rings is 1. The number of carbonyl (C=O) groups is 2. The molecule has 0 aliphatic carbocycles. The van der Waals surface area contributed by atoms with E-state index in [9.17, 15) is 22.4 Å². The molecule has 1 aliphatic heterocycles. The normalized spacial score (nSPS) is 14.0. The molecule has 0 spiro atoms. The minimum Gasteiger partial charge on any atom is -0.465 e. The molecular formula is C22H20FN3O5S2. The molecule has 2 heterocycles. The summed E-state index contributed by atoms with van der Waals surface area (Å²) in [5.74, 6) is -0.687. The number of nitrogens with zero attached hydrogens (tertiary/aromatic N) is 2. The van der Waals surface area contributed by atoms with E-state index in [4.69, 9.17) is 5.11 Å². The van der Waals surface area contributed by atoms with E-state index in [1.807, 2.05) is 0 Å². The Bertz CT molecular complexity index is 1320. The van der Waals surface area contributed by atoms with Crippen molar-refractivity contribution < 1.29 is 27.5 Å². The summed E-state index contributed by atoms with van der Waals surface area (Å²) in [6.45, 7) is 0.551. The van der Waals surface area contributed by atoms with Gasteiger partial charge in [-0.05, 0) is 36.8 Å². The number of aromatic nitrogens is 1. The summed E-state index contributed by atoms with van der Waals surface area (Å²) in [6.07, 6.45) is 0.0605. The van der Waals surface area contributed by atoms with Gasteiger partial charge in [0, 0.05) is 37.2 Å². The molecule has 2 aromatic carbocycles. The van der Waals surface area contributed by atoms with Gasteiger partial charge in [-0.1, -0.05) is 18.2 Å². The topological polar surface area (TPSA) is 117 Å². The molecule has 1 saturated heterocycles. The van der Waals surface area contributed by atoms with Crippen LogP contribution in [0.2, 0.25) is 0 Å². The summed E-state index contributed by atoms with van der Waals surface area (Å²) in [4.78, 5) is 28.7. The third-order valence-electron chi connectivity index (χ3n) is 5.14. The highest BCUT2D eigenvalue weighted by atomic mass is 32.2. The van der Waals surface area contributed by atoms with Crippen LogP contribution >= 0.6 is 11.3 Å². The van der Waals surface area contributed by atoms with Crippen molar-refractivity contribution in [3.63, 3.8) is 0 Å². The molecule has 1 aromatic heterocycles. The van der Waals surface area contributed by atoms with E-state index in [0.29, 0.717) is 30.1 Å². The molecule has 2 amide bonds. The Morgan fingerprint density at radius 3 is 2.70 bits per heavy atom. The largest absolute Gasteiger partial charge is 0.465 e. The fraction of sp³-hybridized carbons (Fsp3) is 0.227. The smallest absolute Gasteiger partial charge is 0.404 e. The Hall–Kier alpha value is -3.31. The van der Waals surface area contributed by atoms with E-state index in [0.717, 1.165) is 11.3 Å². The highest BCUT2D eigenvalue weighted by Crippen LogP contribution is 2.38. The maximum atomic E-state index is 14.6. The number of carbonyl (C=O) groups excluding carboxylic acids is 1. The number of halogens is 1. The summed E-state index contributed by atoms with van der Waals surface area (Å²) in [5.41, 5.74) is 0.503. The Morgan fingerprint density at radius 1 is 1.21 bits per heavy atom. The van der Waals surface area contributed by atoms with Gasteiger partial charge in [0.05, 0.1) is 9.90 Å². The minimum atomic E-state index is -4.11. The summed E-state index contributed by atoms with van der Waals surface area (Å²) >= 11 is 0.876. The van der Waals surface area contributed by atoms with E-state index < -0.39 is 21.7 Å². The van der Waals surface area contributed by atoms with Crippen molar-refractivity contribution in [2.75, 3.05) is 18.0 Å². The standard InChI is InChI=1S/C22H20FN3O5S2/c23-17-8-2-1-7-16(17)20-21(32-18(25-20)10-11-24-22(28)29)33(30,31)15-6-3-5-14(13-15)26-12-4-9-19(26)27/h1-3,5-8,13,24H,4,9-12H2,(H,28,29). The first-order valence-electron chi connectivity index (χ1n) is 10.1. The Kier molecular flexibility index (Phi) is 6.43. The molecule has 1 aliphatic rings. The lowest BCUT2D eigenvalue weighted by Gasteiger charge is -2.16. The second-order valence-electron chi connectivity index (χ2n) is 7.36. The molecule has 172 valence electrons. The third-order valence-corrected chi connectivity index (χ3v) is 8.52. The van der Waals surface area contributed by atoms with Crippen LogP contribution in [0.3, 0.4) is 0 Å². The third kappa shape index (κ3) is 4.74. The van der Waals surface area contributed by atoms with Crippen molar-refractivity contribution in [2.45, 2.75) is 28.4 Å². The maximum absolute atomic E-state index is 14.6. The number of amides is 2. The average Bonchev–Trinajstić information content (AvgIpc) is 3.41. The highest BCUT2D eigenvalue weighted by Gasteiger charge is 2.29. The van der Waals surface area contributed by atoms with Gasteiger partial charge in [-0.2, -0.15) is 0 Å². The van der Waals surface area contributed by atoms with Gasteiger partial charge in [-0.25, -0.2) is 22.6 Å². The van der Waals surface area contributed by atoms with Gasteiger partial charge in [0.1, 0.15) is 11.5 Å². The molecule has 0 bridgehead atoms. The second-order valence-corrected chi connectivity index (χ2v) is 10.6. The molecule has 2 N–H and O–H groups in total. The van der Waals surface area contributed by atoms with E-state index in [1.54, 1.807) is 23.1 Å². The Labute approximate surface area is 193 Å². The first kappa shape index (κ1) is 22.9. The van der Waals surface area contributed by atoms with Crippen LogP contribution < -0.4 is 10.2 Å². The Balaban J connectivity index is 1.78. The number of hydrogen-bond donors (Lipinski definition) is 2. The number of rotatable bonds is 7.